The first-order valence-electron chi connectivity index (χ1n) is 8.07. The van der Waals surface area contributed by atoms with Crippen molar-refractivity contribution in [3.63, 3.8) is 0 Å². The van der Waals surface area contributed by atoms with Crippen molar-refractivity contribution in [3.8, 4) is 11.5 Å². The van der Waals surface area contributed by atoms with E-state index in [1.807, 2.05) is 24.3 Å². The van der Waals surface area contributed by atoms with Gasteiger partial charge in [-0.2, -0.15) is 0 Å². The fraction of sp³-hybridized carbons (Fsp3) is 0.263. The monoisotopic (exact) mass is 358 g/mol. The van der Waals surface area contributed by atoms with Crippen LogP contribution in [-0.4, -0.2) is 24.3 Å². The van der Waals surface area contributed by atoms with E-state index in [1.54, 1.807) is 12.1 Å². The van der Waals surface area contributed by atoms with Gasteiger partial charge in [0, 0.05) is 20.9 Å². The quantitative estimate of drug-likeness (QED) is 0.509. The fourth-order valence-electron chi connectivity index (χ4n) is 2.54. The first-order valence-corrected chi connectivity index (χ1v) is 8.88. The summed E-state index contributed by atoms with van der Waals surface area (Å²) in [5.74, 6) is -0.270. The summed E-state index contributed by atoms with van der Waals surface area (Å²) in [7, 11) is 0. The van der Waals surface area contributed by atoms with Crippen molar-refractivity contribution in [2.75, 3.05) is 13.2 Å². The molecule has 0 bridgehead atoms. The standard InChI is InChI=1S/C19H18O5S/c1-2-3-8-23-12-9-14(24-11-17(20)21)18-16(10-12)25-15-7-5-4-6-13(15)19(18)22/h4-7,9-10H,2-3,8,11H2,1H3,(H,20,21). The minimum absolute atomic E-state index is 0.162. The molecule has 0 aliphatic rings. The molecule has 1 heterocycles. The lowest BCUT2D eigenvalue weighted by molar-refractivity contribution is -0.139. The highest BCUT2D eigenvalue weighted by atomic mass is 32.1. The van der Waals surface area contributed by atoms with Crippen LogP contribution in [0.5, 0.6) is 11.5 Å². The lowest BCUT2D eigenvalue weighted by atomic mass is 10.1. The summed E-state index contributed by atoms with van der Waals surface area (Å²) < 4.78 is 12.7. The molecule has 0 unspecified atom stereocenters. The molecule has 0 radical (unpaired) electrons. The van der Waals surface area contributed by atoms with Gasteiger partial charge in [0.2, 0.25) is 0 Å². The topological polar surface area (TPSA) is 72.8 Å². The third-order valence-electron chi connectivity index (χ3n) is 3.74. The normalized spacial score (nSPS) is 10.9. The molecule has 0 saturated heterocycles. The molecular formula is C19H18O5S. The van der Waals surface area contributed by atoms with Crippen LogP contribution in [0.4, 0.5) is 0 Å². The average molecular weight is 358 g/mol. The van der Waals surface area contributed by atoms with Crippen LogP contribution in [0, 0.1) is 0 Å². The molecule has 0 amide bonds. The number of hydrogen-bond acceptors (Lipinski definition) is 5. The molecule has 5 nitrogen and oxygen atoms in total. The van der Waals surface area contributed by atoms with E-state index in [-0.39, 0.29) is 11.2 Å². The van der Waals surface area contributed by atoms with Gasteiger partial charge in [0.15, 0.2) is 12.0 Å². The van der Waals surface area contributed by atoms with Crippen molar-refractivity contribution in [1.82, 2.24) is 0 Å². The smallest absolute Gasteiger partial charge is 0.341 e. The minimum atomic E-state index is -1.10. The molecule has 1 aromatic heterocycles. The van der Waals surface area contributed by atoms with Gasteiger partial charge < -0.3 is 14.6 Å². The first kappa shape index (κ1) is 17.2. The Bertz CT molecular complexity index is 977. The maximum absolute atomic E-state index is 12.9. The molecule has 1 N–H and O–H groups in total. The molecule has 0 atom stereocenters. The molecule has 3 aromatic rings. The van der Waals surface area contributed by atoms with Crippen LogP contribution in [0.1, 0.15) is 19.8 Å². The third-order valence-corrected chi connectivity index (χ3v) is 4.85. The minimum Gasteiger partial charge on any atom is -0.493 e. The maximum Gasteiger partial charge on any atom is 0.341 e. The SMILES string of the molecule is CCCCOc1cc(OCC(=O)O)c2c(=O)c3ccccc3sc2c1. The van der Waals surface area contributed by atoms with Gasteiger partial charge in [-0.15, -0.1) is 11.3 Å². The summed E-state index contributed by atoms with van der Waals surface area (Å²) >= 11 is 1.46. The van der Waals surface area contributed by atoms with E-state index in [4.69, 9.17) is 14.6 Å². The number of carboxylic acid groups (broad SMARTS) is 1. The van der Waals surface area contributed by atoms with E-state index < -0.39 is 12.6 Å². The van der Waals surface area contributed by atoms with Crippen LogP contribution >= 0.6 is 11.3 Å². The van der Waals surface area contributed by atoms with Crippen molar-refractivity contribution in [1.29, 1.82) is 0 Å². The van der Waals surface area contributed by atoms with Gasteiger partial charge in [0.05, 0.1) is 12.0 Å². The first-order chi connectivity index (χ1) is 12.1. The van der Waals surface area contributed by atoms with Gasteiger partial charge in [-0.25, -0.2) is 4.79 Å². The molecular weight excluding hydrogens is 340 g/mol. The number of aliphatic carboxylic acids is 1. The molecule has 0 spiro atoms. The van der Waals surface area contributed by atoms with Crippen molar-refractivity contribution in [2.45, 2.75) is 19.8 Å². The number of benzene rings is 2. The molecule has 130 valence electrons. The van der Waals surface area contributed by atoms with E-state index in [1.165, 1.54) is 11.3 Å². The summed E-state index contributed by atoms with van der Waals surface area (Å²) in [6.45, 7) is 2.12. The van der Waals surface area contributed by atoms with Gasteiger partial charge in [0.25, 0.3) is 0 Å². The van der Waals surface area contributed by atoms with Crippen LogP contribution in [-0.2, 0) is 4.79 Å². The highest BCUT2D eigenvalue weighted by molar-refractivity contribution is 7.24. The van der Waals surface area contributed by atoms with E-state index in [9.17, 15) is 9.59 Å². The summed E-state index contributed by atoms with van der Waals surface area (Å²) in [5, 5.41) is 9.89. The molecule has 6 heteroatoms. The molecule has 0 aliphatic heterocycles. The Labute approximate surface area is 148 Å². The lowest BCUT2D eigenvalue weighted by Gasteiger charge is -2.12. The lowest BCUT2D eigenvalue weighted by Crippen LogP contribution is -2.12. The zero-order valence-electron chi connectivity index (χ0n) is 13.8. The largest absolute Gasteiger partial charge is 0.493 e. The van der Waals surface area contributed by atoms with Crippen molar-refractivity contribution in [2.24, 2.45) is 0 Å². The van der Waals surface area contributed by atoms with Crippen molar-refractivity contribution >= 4 is 37.5 Å². The van der Waals surface area contributed by atoms with Gasteiger partial charge in [-0.05, 0) is 24.6 Å². The Hall–Kier alpha value is -2.60. The molecule has 25 heavy (non-hydrogen) atoms. The van der Waals surface area contributed by atoms with E-state index in [0.29, 0.717) is 23.1 Å². The Morgan fingerprint density at radius 3 is 2.72 bits per heavy atom. The molecule has 0 aliphatic carbocycles. The Kier molecular flexibility index (Phi) is 5.19. The second kappa shape index (κ2) is 7.53. The maximum atomic E-state index is 12.9. The number of ether oxygens (including phenoxy) is 2. The van der Waals surface area contributed by atoms with E-state index >= 15 is 0 Å². The summed E-state index contributed by atoms with van der Waals surface area (Å²) in [5.41, 5.74) is -0.162. The molecule has 0 saturated carbocycles. The number of rotatable bonds is 7. The predicted octanol–water partition coefficient (Wildman–Crippen LogP) is 4.06. The zero-order chi connectivity index (χ0) is 17.8. The zero-order valence-corrected chi connectivity index (χ0v) is 14.6. The Morgan fingerprint density at radius 2 is 1.96 bits per heavy atom. The van der Waals surface area contributed by atoms with Gasteiger partial charge in [-0.1, -0.05) is 25.5 Å². The van der Waals surface area contributed by atoms with Gasteiger partial charge >= 0.3 is 5.97 Å². The summed E-state index contributed by atoms with van der Waals surface area (Å²) in [6.07, 6.45) is 1.92. The van der Waals surface area contributed by atoms with Crippen LogP contribution in [0.2, 0.25) is 0 Å². The van der Waals surface area contributed by atoms with E-state index in [2.05, 4.69) is 6.92 Å². The van der Waals surface area contributed by atoms with Crippen LogP contribution in [0.15, 0.2) is 41.2 Å². The number of carboxylic acids is 1. The molecule has 2 aromatic carbocycles. The van der Waals surface area contributed by atoms with Crippen LogP contribution in [0.3, 0.4) is 0 Å². The second-order valence-corrected chi connectivity index (χ2v) is 6.69. The fourth-order valence-corrected chi connectivity index (χ4v) is 3.66. The van der Waals surface area contributed by atoms with E-state index in [0.717, 1.165) is 22.2 Å². The van der Waals surface area contributed by atoms with Crippen LogP contribution < -0.4 is 14.9 Å². The molecule has 3 rings (SSSR count). The van der Waals surface area contributed by atoms with Gasteiger partial charge in [-0.3, -0.25) is 4.79 Å². The average Bonchev–Trinajstić information content (AvgIpc) is 2.60. The van der Waals surface area contributed by atoms with Crippen molar-refractivity contribution in [3.05, 3.63) is 46.6 Å². The molecule has 0 fully saturated rings. The Balaban J connectivity index is 2.17. The predicted molar refractivity (Wildman–Crippen MR) is 99.1 cm³/mol. The Morgan fingerprint density at radius 1 is 1.16 bits per heavy atom. The van der Waals surface area contributed by atoms with Crippen molar-refractivity contribution < 1.29 is 19.4 Å². The number of carbonyl (C=O) groups is 1. The summed E-state index contributed by atoms with van der Waals surface area (Å²) in [4.78, 5) is 23.7. The van der Waals surface area contributed by atoms with Crippen LogP contribution in [0.25, 0.3) is 20.2 Å². The second-order valence-electron chi connectivity index (χ2n) is 5.61. The number of unbranched alkanes of at least 4 members (excludes halogenated alkanes) is 1. The highest BCUT2D eigenvalue weighted by Gasteiger charge is 2.14. The number of hydrogen-bond donors (Lipinski definition) is 1. The summed E-state index contributed by atoms with van der Waals surface area (Å²) in [6, 6.07) is 10.8. The third kappa shape index (κ3) is 3.74. The van der Waals surface area contributed by atoms with Gasteiger partial charge in [0.1, 0.15) is 11.5 Å². The number of fused-ring (bicyclic) bond motifs is 2. The highest BCUT2D eigenvalue weighted by Crippen LogP contribution is 2.34.